The molecule has 23 heavy (non-hydrogen) atoms. The molecule has 132 valence electrons. The third-order valence-corrected chi connectivity index (χ3v) is 5.40. The minimum absolute atomic E-state index is 0.591. The lowest BCUT2D eigenvalue weighted by atomic mass is 10.0. The molecule has 0 radical (unpaired) electrons. The second kappa shape index (κ2) is 9.17. The van der Waals surface area contributed by atoms with Crippen molar-refractivity contribution in [3.8, 4) is 0 Å². The molecule has 1 unspecified atom stereocenters. The first kappa shape index (κ1) is 19.8. The van der Waals surface area contributed by atoms with Gasteiger partial charge >= 0.3 is 11.9 Å². The molecule has 1 heterocycles. The summed E-state index contributed by atoms with van der Waals surface area (Å²) in [6.07, 6.45) is 11.8. The van der Waals surface area contributed by atoms with Gasteiger partial charge in [-0.25, -0.2) is 4.79 Å². The highest BCUT2D eigenvalue weighted by Gasteiger charge is 2.57. The zero-order valence-electron chi connectivity index (χ0n) is 13.6. The second-order valence-electron chi connectivity index (χ2n) is 5.97. The van der Waals surface area contributed by atoms with E-state index < -0.39 is 33.2 Å². The molecule has 0 aromatic heterocycles. The first-order valence-corrected chi connectivity index (χ1v) is 9.67. The molecule has 0 saturated carbocycles. The third-order valence-electron chi connectivity index (χ3n) is 4.03. The van der Waals surface area contributed by atoms with E-state index in [2.05, 4.69) is 11.7 Å². The number of hydrogen-bond acceptors (Lipinski definition) is 5. The van der Waals surface area contributed by atoms with Gasteiger partial charge in [0.05, 0.1) is 6.42 Å². The molecule has 1 atom stereocenters. The van der Waals surface area contributed by atoms with Gasteiger partial charge < -0.3 is 4.74 Å². The fraction of sp³-hybridized carbons (Fsp3) is 0.750. The molecule has 1 aliphatic heterocycles. The van der Waals surface area contributed by atoms with Crippen LogP contribution in [0.2, 0.25) is 0 Å². The van der Waals surface area contributed by atoms with Gasteiger partial charge in [0.2, 0.25) is 4.75 Å². The van der Waals surface area contributed by atoms with E-state index in [1.807, 2.05) is 0 Å². The van der Waals surface area contributed by atoms with Gasteiger partial charge in [-0.2, -0.15) is 8.42 Å². The average Bonchev–Trinajstić information content (AvgIpc) is 2.76. The van der Waals surface area contributed by atoms with Crippen LogP contribution >= 0.6 is 0 Å². The number of allylic oxidation sites excluding steroid dienone is 1. The van der Waals surface area contributed by atoms with Gasteiger partial charge in [-0.15, -0.1) is 0 Å². The number of carbonyl (C=O) groups excluding carboxylic acids is 2. The maximum atomic E-state index is 11.6. The van der Waals surface area contributed by atoms with E-state index in [9.17, 15) is 22.6 Å². The van der Waals surface area contributed by atoms with Crippen molar-refractivity contribution in [2.75, 3.05) is 0 Å². The largest absolute Gasteiger partial charge is 0.392 e. The molecule has 6 nitrogen and oxygen atoms in total. The Hall–Kier alpha value is -1.21. The number of rotatable bonds is 11. The maximum Gasteiger partial charge on any atom is 0.342 e. The van der Waals surface area contributed by atoms with Gasteiger partial charge in [0.15, 0.2) is 0 Å². The highest BCUT2D eigenvalue weighted by Crippen LogP contribution is 2.31. The molecule has 0 spiro atoms. The van der Waals surface area contributed by atoms with Crippen molar-refractivity contribution < 1.29 is 27.3 Å². The van der Waals surface area contributed by atoms with Gasteiger partial charge in [-0.3, -0.25) is 9.35 Å². The lowest BCUT2D eigenvalue weighted by Gasteiger charge is -2.15. The molecule has 0 aromatic rings. The van der Waals surface area contributed by atoms with Crippen molar-refractivity contribution in [2.45, 2.75) is 75.9 Å². The van der Waals surface area contributed by atoms with Gasteiger partial charge in [-0.1, -0.05) is 64.0 Å². The van der Waals surface area contributed by atoms with E-state index in [0.717, 1.165) is 25.3 Å². The summed E-state index contributed by atoms with van der Waals surface area (Å²) >= 11 is 0. The summed E-state index contributed by atoms with van der Waals surface area (Å²) in [4.78, 5) is 22.8. The Morgan fingerprint density at radius 3 is 2.13 bits per heavy atom. The van der Waals surface area contributed by atoms with E-state index in [1.54, 1.807) is 0 Å². The fourth-order valence-corrected chi connectivity index (χ4v) is 3.41. The van der Waals surface area contributed by atoms with Crippen LogP contribution < -0.4 is 0 Å². The Bertz CT molecular complexity index is 537. The Morgan fingerprint density at radius 2 is 1.65 bits per heavy atom. The quantitative estimate of drug-likeness (QED) is 0.203. The summed E-state index contributed by atoms with van der Waals surface area (Å²) in [6.45, 7) is 2.18. The summed E-state index contributed by atoms with van der Waals surface area (Å²) in [5.74, 6) is -2.17. The molecule has 0 bridgehead atoms. The van der Waals surface area contributed by atoms with E-state index in [1.165, 1.54) is 38.2 Å². The molecule has 1 aliphatic rings. The number of esters is 2. The van der Waals surface area contributed by atoms with Crippen molar-refractivity contribution >= 4 is 22.1 Å². The lowest BCUT2D eigenvalue weighted by Crippen LogP contribution is -2.40. The summed E-state index contributed by atoms with van der Waals surface area (Å²) in [5, 5.41) is 0. The van der Waals surface area contributed by atoms with Crippen molar-refractivity contribution in [3.63, 3.8) is 0 Å². The molecule has 0 aromatic carbocycles. The summed E-state index contributed by atoms with van der Waals surface area (Å²) < 4.78 is 34.2. The highest BCUT2D eigenvalue weighted by molar-refractivity contribution is 7.88. The van der Waals surface area contributed by atoms with Crippen LogP contribution in [-0.4, -0.2) is 29.7 Å². The summed E-state index contributed by atoms with van der Waals surface area (Å²) in [7, 11) is -4.74. The van der Waals surface area contributed by atoms with Crippen LogP contribution in [0.4, 0.5) is 0 Å². The standard InChI is InChI=1S/C16H26O6S/c1-2-3-4-5-6-7-8-9-10-11-12-16(23(19,20)21)13-14(17)22-15(16)18/h11-12H,2-10,13H2,1H3,(H,19,20,21). The predicted octanol–water partition coefficient (Wildman–Crippen LogP) is 3.17. The molecule has 1 rings (SSSR count). The molecule has 7 heteroatoms. The molecule has 1 N–H and O–H groups in total. The van der Waals surface area contributed by atoms with Crippen LogP contribution in [-0.2, 0) is 24.4 Å². The monoisotopic (exact) mass is 346 g/mol. The van der Waals surface area contributed by atoms with Crippen molar-refractivity contribution in [2.24, 2.45) is 0 Å². The summed E-state index contributed by atoms with van der Waals surface area (Å²) in [5.41, 5.74) is 0. The molecular formula is C16H26O6S. The number of hydrogen-bond donors (Lipinski definition) is 1. The Morgan fingerprint density at radius 1 is 1.09 bits per heavy atom. The number of ether oxygens (including phenoxy) is 1. The van der Waals surface area contributed by atoms with E-state index in [0.29, 0.717) is 6.42 Å². The van der Waals surface area contributed by atoms with Gasteiger partial charge in [-0.05, 0) is 12.8 Å². The van der Waals surface area contributed by atoms with Crippen LogP contribution in [0, 0.1) is 0 Å². The fourth-order valence-electron chi connectivity index (χ4n) is 2.59. The molecular weight excluding hydrogens is 320 g/mol. The summed E-state index contributed by atoms with van der Waals surface area (Å²) in [6, 6.07) is 0. The van der Waals surface area contributed by atoms with Crippen molar-refractivity contribution in [1.82, 2.24) is 0 Å². The Labute approximate surface area is 138 Å². The SMILES string of the molecule is CCCCCCCCCCC=CC1(S(=O)(=O)O)CC(=O)OC1=O. The Balaban J connectivity index is 2.37. The van der Waals surface area contributed by atoms with E-state index in [4.69, 9.17) is 0 Å². The van der Waals surface area contributed by atoms with Crippen LogP contribution in [0.15, 0.2) is 12.2 Å². The first-order valence-electron chi connectivity index (χ1n) is 8.23. The van der Waals surface area contributed by atoms with Crippen LogP contribution in [0.1, 0.15) is 71.1 Å². The van der Waals surface area contributed by atoms with Gasteiger partial charge in [0.25, 0.3) is 10.1 Å². The Kier molecular flexibility index (Phi) is 7.91. The second-order valence-corrected chi connectivity index (χ2v) is 7.65. The van der Waals surface area contributed by atoms with Crippen molar-refractivity contribution in [3.05, 3.63) is 12.2 Å². The molecule has 0 aliphatic carbocycles. The molecule has 1 fully saturated rings. The number of carbonyl (C=O) groups is 2. The van der Waals surface area contributed by atoms with Crippen LogP contribution in [0.25, 0.3) is 0 Å². The third kappa shape index (κ3) is 5.73. The van der Waals surface area contributed by atoms with Gasteiger partial charge in [0, 0.05) is 0 Å². The zero-order valence-corrected chi connectivity index (χ0v) is 14.4. The van der Waals surface area contributed by atoms with E-state index >= 15 is 0 Å². The maximum absolute atomic E-state index is 11.6. The highest BCUT2D eigenvalue weighted by atomic mass is 32.2. The topological polar surface area (TPSA) is 97.7 Å². The average molecular weight is 346 g/mol. The van der Waals surface area contributed by atoms with Crippen molar-refractivity contribution in [1.29, 1.82) is 0 Å². The molecule has 1 saturated heterocycles. The van der Waals surface area contributed by atoms with Crippen LogP contribution in [0.3, 0.4) is 0 Å². The number of cyclic esters (lactones) is 2. The molecule has 0 amide bonds. The van der Waals surface area contributed by atoms with Gasteiger partial charge in [0.1, 0.15) is 0 Å². The predicted molar refractivity (Wildman–Crippen MR) is 86.4 cm³/mol. The van der Waals surface area contributed by atoms with E-state index in [-0.39, 0.29) is 0 Å². The zero-order chi connectivity index (χ0) is 17.3. The smallest absolute Gasteiger partial charge is 0.342 e. The minimum atomic E-state index is -4.74. The van der Waals surface area contributed by atoms with Crippen LogP contribution in [0.5, 0.6) is 0 Å². The lowest BCUT2D eigenvalue weighted by molar-refractivity contribution is -0.152. The minimum Gasteiger partial charge on any atom is -0.392 e. The number of unbranched alkanes of at least 4 members (excludes halogenated alkanes) is 8. The normalized spacial score (nSPS) is 22.0. The first-order chi connectivity index (χ1) is 10.8.